The van der Waals surface area contributed by atoms with E-state index in [1.807, 2.05) is 0 Å². The SMILES string of the molecule is NC(=S)c1ccc(OCC2CCCO2)c(Cl)c1. The van der Waals surface area contributed by atoms with Crippen LogP contribution in [0.15, 0.2) is 18.2 Å². The Morgan fingerprint density at radius 2 is 2.41 bits per heavy atom. The maximum Gasteiger partial charge on any atom is 0.138 e. The Labute approximate surface area is 111 Å². The highest BCUT2D eigenvalue weighted by atomic mass is 35.5. The van der Waals surface area contributed by atoms with Crippen LogP contribution in [0, 0.1) is 0 Å². The molecule has 0 aromatic heterocycles. The molecule has 0 spiro atoms. The molecule has 92 valence electrons. The average Bonchev–Trinajstić information content (AvgIpc) is 2.80. The lowest BCUT2D eigenvalue weighted by Crippen LogP contribution is -2.16. The third kappa shape index (κ3) is 3.31. The van der Waals surface area contributed by atoms with E-state index in [1.165, 1.54) is 0 Å². The first kappa shape index (κ1) is 12.6. The summed E-state index contributed by atoms with van der Waals surface area (Å²) >= 11 is 11.0. The zero-order valence-corrected chi connectivity index (χ0v) is 10.9. The van der Waals surface area contributed by atoms with Gasteiger partial charge in [-0.15, -0.1) is 0 Å². The minimum absolute atomic E-state index is 0.182. The van der Waals surface area contributed by atoms with Crippen LogP contribution in [0.1, 0.15) is 18.4 Å². The fraction of sp³-hybridized carbons (Fsp3) is 0.417. The molecule has 0 saturated carbocycles. The van der Waals surface area contributed by atoms with Crippen molar-refractivity contribution in [3.05, 3.63) is 28.8 Å². The number of thiocarbonyl (C=S) groups is 1. The van der Waals surface area contributed by atoms with Crippen molar-refractivity contribution >= 4 is 28.8 Å². The number of hydrogen-bond donors (Lipinski definition) is 1. The molecule has 1 unspecified atom stereocenters. The maximum atomic E-state index is 6.08. The van der Waals surface area contributed by atoms with Crippen molar-refractivity contribution in [2.45, 2.75) is 18.9 Å². The van der Waals surface area contributed by atoms with E-state index >= 15 is 0 Å². The van der Waals surface area contributed by atoms with Crippen LogP contribution in [0.5, 0.6) is 5.75 Å². The van der Waals surface area contributed by atoms with Crippen molar-refractivity contribution in [3.8, 4) is 5.75 Å². The molecule has 1 atom stereocenters. The van der Waals surface area contributed by atoms with Gasteiger partial charge in [0.15, 0.2) is 0 Å². The molecule has 1 saturated heterocycles. The number of benzene rings is 1. The van der Waals surface area contributed by atoms with Crippen LogP contribution in [0.3, 0.4) is 0 Å². The molecule has 0 bridgehead atoms. The van der Waals surface area contributed by atoms with Crippen molar-refractivity contribution in [1.82, 2.24) is 0 Å². The second-order valence-corrected chi connectivity index (χ2v) is 4.80. The lowest BCUT2D eigenvalue weighted by Gasteiger charge is -2.13. The Balaban J connectivity index is 1.98. The number of nitrogens with two attached hydrogens (primary N) is 1. The van der Waals surface area contributed by atoms with Crippen molar-refractivity contribution in [1.29, 1.82) is 0 Å². The smallest absolute Gasteiger partial charge is 0.138 e. The van der Waals surface area contributed by atoms with Gasteiger partial charge in [-0.05, 0) is 31.0 Å². The van der Waals surface area contributed by atoms with Gasteiger partial charge in [-0.3, -0.25) is 0 Å². The van der Waals surface area contributed by atoms with Gasteiger partial charge in [-0.25, -0.2) is 0 Å². The van der Waals surface area contributed by atoms with Gasteiger partial charge >= 0.3 is 0 Å². The molecule has 5 heteroatoms. The standard InChI is InChI=1S/C12H14ClNO2S/c13-10-6-8(12(14)17)3-4-11(10)16-7-9-2-1-5-15-9/h3-4,6,9H,1-2,5,7H2,(H2,14,17). The summed E-state index contributed by atoms with van der Waals surface area (Å²) in [6.45, 7) is 1.36. The van der Waals surface area contributed by atoms with Gasteiger partial charge in [0.25, 0.3) is 0 Å². The monoisotopic (exact) mass is 271 g/mol. The number of rotatable bonds is 4. The van der Waals surface area contributed by atoms with E-state index in [4.69, 9.17) is 39.0 Å². The molecule has 1 heterocycles. The molecule has 3 nitrogen and oxygen atoms in total. The van der Waals surface area contributed by atoms with Gasteiger partial charge in [0.1, 0.15) is 17.3 Å². The normalized spacial score (nSPS) is 19.2. The summed E-state index contributed by atoms with van der Waals surface area (Å²) in [5, 5.41) is 0.522. The molecule has 0 aliphatic carbocycles. The first-order chi connectivity index (χ1) is 8.16. The van der Waals surface area contributed by atoms with Crippen LogP contribution >= 0.6 is 23.8 Å². The van der Waals surface area contributed by atoms with Gasteiger partial charge in [0.2, 0.25) is 0 Å². The van der Waals surface area contributed by atoms with Gasteiger partial charge in [0, 0.05) is 12.2 Å². The minimum atomic E-state index is 0.182. The highest BCUT2D eigenvalue weighted by Gasteiger charge is 2.16. The fourth-order valence-corrected chi connectivity index (χ4v) is 2.09. The first-order valence-corrected chi connectivity index (χ1v) is 6.29. The van der Waals surface area contributed by atoms with E-state index in [1.54, 1.807) is 18.2 Å². The molecular formula is C12H14ClNO2S. The Hall–Kier alpha value is -0.840. The third-order valence-electron chi connectivity index (χ3n) is 2.67. The molecule has 1 aliphatic heterocycles. The van der Waals surface area contributed by atoms with Gasteiger partial charge in [-0.1, -0.05) is 23.8 Å². The number of halogens is 1. The first-order valence-electron chi connectivity index (χ1n) is 5.50. The van der Waals surface area contributed by atoms with E-state index < -0.39 is 0 Å². The van der Waals surface area contributed by atoms with Crippen LogP contribution in [0.4, 0.5) is 0 Å². The summed E-state index contributed by atoms with van der Waals surface area (Å²) in [5.41, 5.74) is 6.26. The molecule has 17 heavy (non-hydrogen) atoms. The highest BCUT2D eigenvalue weighted by molar-refractivity contribution is 7.80. The quantitative estimate of drug-likeness (QED) is 0.855. The molecule has 2 rings (SSSR count). The van der Waals surface area contributed by atoms with E-state index in [-0.39, 0.29) is 6.10 Å². The molecule has 1 aromatic carbocycles. The molecular weight excluding hydrogens is 258 g/mol. The Morgan fingerprint density at radius 1 is 1.59 bits per heavy atom. The lowest BCUT2D eigenvalue weighted by atomic mass is 10.2. The van der Waals surface area contributed by atoms with Crippen LogP contribution in [-0.4, -0.2) is 24.3 Å². The average molecular weight is 272 g/mol. The Bertz CT molecular complexity index is 419. The third-order valence-corrected chi connectivity index (χ3v) is 3.20. The summed E-state index contributed by atoms with van der Waals surface area (Å²) in [7, 11) is 0. The zero-order chi connectivity index (χ0) is 12.3. The molecule has 1 aliphatic rings. The predicted octanol–water partition coefficient (Wildman–Crippen LogP) is 2.53. The molecule has 0 amide bonds. The minimum Gasteiger partial charge on any atom is -0.489 e. The second-order valence-electron chi connectivity index (χ2n) is 3.96. The van der Waals surface area contributed by atoms with E-state index in [9.17, 15) is 0 Å². The van der Waals surface area contributed by atoms with Gasteiger partial charge in [-0.2, -0.15) is 0 Å². The van der Waals surface area contributed by atoms with E-state index in [0.717, 1.165) is 25.0 Å². The summed E-state index contributed by atoms with van der Waals surface area (Å²) < 4.78 is 11.1. The molecule has 1 fully saturated rings. The number of hydrogen-bond acceptors (Lipinski definition) is 3. The number of ether oxygens (including phenoxy) is 2. The maximum absolute atomic E-state index is 6.08. The van der Waals surface area contributed by atoms with Crippen LogP contribution in [0.25, 0.3) is 0 Å². The summed E-state index contributed by atoms with van der Waals surface area (Å²) in [6.07, 6.45) is 2.33. The van der Waals surface area contributed by atoms with Crippen LogP contribution < -0.4 is 10.5 Å². The largest absolute Gasteiger partial charge is 0.489 e. The molecule has 1 aromatic rings. The van der Waals surface area contributed by atoms with Gasteiger partial charge in [0.05, 0.1) is 11.1 Å². The van der Waals surface area contributed by atoms with Crippen molar-refractivity contribution in [2.75, 3.05) is 13.2 Å². The fourth-order valence-electron chi connectivity index (χ4n) is 1.73. The molecule has 0 radical (unpaired) electrons. The summed E-state index contributed by atoms with van der Waals surface area (Å²) in [5.74, 6) is 0.641. The highest BCUT2D eigenvalue weighted by Crippen LogP contribution is 2.26. The van der Waals surface area contributed by atoms with E-state index in [2.05, 4.69) is 0 Å². The van der Waals surface area contributed by atoms with Crippen LogP contribution in [-0.2, 0) is 4.74 Å². The topological polar surface area (TPSA) is 44.5 Å². The van der Waals surface area contributed by atoms with E-state index in [0.29, 0.717) is 22.4 Å². The predicted molar refractivity (Wildman–Crippen MR) is 71.8 cm³/mol. The summed E-state index contributed by atoms with van der Waals surface area (Å²) in [4.78, 5) is 0.331. The second kappa shape index (κ2) is 5.67. The van der Waals surface area contributed by atoms with Crippen LogP contribution in [0.2, 0.25) is 5.02 Å². The Kier molecular flexibility index (Phi) is 4.20. The van der Waals surface area contributed by atoms with Crippen molar-refractivity contribution in [3.63, 3.8) is 0 Å². The Morgan fingerprint density at radius 3 is 3.00 bits per heavy atom. The van der Waals surface area contributed by atoms with Crippen molar-refractivity contribution < 1.29 is 9.47 Å². The zero-order valence-electron chi connectivity index (χ0n) is 9.32. The van der Waals surface area contributed by atoms with Crippen molar-refractivity contribution in [2.24, 2.45) is 5.73 Å². The summed E-state index contributed by atoms with van der Waals surface area (Å²) in [6, 6.07) is 5.31. The molecule has 2 N–H and O–H groups in total. The lowest BCUT2D eigenvalue weighted by molar-refractivity contribution is 0.0680. The van der Waals surface area contributed by atoms with Gasteiger partial charge < -0.3 is 15.2 Å².